The van der Waals surface area contributed by atoms with Gasteiger partial charge in [-0.1, -0.05) is 12.1 Å². The van der Waals surface area contributed by atoms with Crippen molar-refractivity contribution in [3.05, 3.63) is 59.7 Å². The fourth-order valence-electron chi connectivity index (χ4n) is 3.74. The van der Waals surface area contributed by atoms with Crippen LogP contribution in [-0.4, -0.2) is 46.2 Å². The molecule has 24 heavy (non-hydrogen) atoms. The summed E-state index contributed by atoms with van der Waals surface area (Å²) in [5.41, 5.74) is 1.35. The fraction of sp³-hybridized carbons (Fsp3) is 0.333. The van der Waals surface area contributed by atoms with Gasteiger partial charge in [-0.05, 0) is 29.8 Å². The van der Waals surface area contributed by atoms with Crippen molar-refractivity contribution in [2.75, 3.05) is 19.6 Å². The summed E-state index contributed by atoms with van der Waals surface area (Å²) in [6.07, 6.45) is 1.72. The molecule has 0 spiro atoms. The van der Waals surface area contributed by atoms with Crippen LogP contribution in [0.3, 0.4) is 0 Å². The Morgan fingerprint density at radius 2 is 2.08 bits per heavy atom. The van der Waals surface area contributed by atoms with Crippen LogP contribution in [0, 0.1) is 17.7 Å². The maximum absolute atomic E-state index is 13.3. The maximum atomic E-state index is 13.3. The van der Waals surface area contributed by atoms with Gasteiger partial charge < -0.3 is 14.8 Å². The average Bonchev–Trinajstić information content (AvgIpc) is 3.27. The second-order valence-corrected chi connectivity index (χ2v) is 6.51. The lowest BCUT2D eigenvalue weighted by atomic mass is 10.0. The number of likely N-dealkylation sites (tertiary alicyclic amines) is 2. The molecule has 1 N–H and O–H groups in total. The summed E-state index contributed by atoms with van der Waals surface area (Å²) in [6.45, 7) is 2.09. The number of aromatic nitrogens is 1. The molecule has 2 atom stereocenters. The molecule has 2 amide bonds. The smallest absolute Gasteiger partial charge is 0.270 e. The van der Waals surface area contributed by atoms with Crippen LogP contribution in [0.1, 0.15) is 16.1 Å². The number of nitrogens with zero attached hydrogens (tertiary/aromatic N) is 2. The van der Waals surface area contributed by atoms with Gasteiger partial charge in [-0.15, -0.1) is 0 Å². The second kappa shape index (κ2) is 5.78. The normalized spacial score (nSPS) is 23.0. The van der Waals surface area contributed by atoms with Crippen molar-refractivity contribution in [1.82, 2.24) is 14.8 Å². The van der Waals surface area contributed by atoms with Gasteiger partial charge >= 0.3 is 0 Å². The summed E-state index contributed by atoms with van der Waals surface area (Å²) in [6, 6.07) is 9.87. The van der Waals surface area contributed by atoms with Gasteiger partial charge in [0.05, 0.1) is 5.92 Å². The van der Waals surface area contributed by atoms with E-state index in [-0.39, 0.29) is 29.5 Å². The monoisotopic (exact) mass is 327 g/mol. The minimum atomic E-state index is -0.290. The first kappa shape index (κ1) is 14.9. The van der Waals surface area contributed by atoms with Crippen molar-refractivity contribution in [2.24, 2.45) is 11.8 Å². The molecule has 0 unspecified atom stereocenters. The Kier molecular flexibility index (Phi) is 3.59. The van der Waals surface area contributed by atoms with Gasteiger partial charge in [-0.3, -0.25) is 9.59 Å². The summed E-state index contributed by atoms with van der Waals surface area (Å²) in [5.74, 6) is -0.269. The number of benzene rings is 1. The van der Waals surface area contributed by atoms with E-state index in [1.165, 1.54) is 12.1 Å². The van der Waals surface area contributed by atoms with E-state index in [0.29, 0.717) is 31.9 Å². The highest BCUT2D eigenvalue weighted by molar-refractivity contribution is 5.93. The Morgan fingerprint density at radius 3 is 2.79 bits per heavy atom. The molecule has 0 bridgehead atoms. The number of hydrogen-bond donors (Lipinski definition) is 1. The van der Waals surface area contributed by atoms with E-state index < -0.39 is 0 Å². The van der Waals surface area contributed by atoms with Crippen LogP contribution in [-0.2, 0) is 11.3 Å². The van der Waals surface area contributed by atoms with Crippen molar-refractivity contribution < 1.29 is 14.0 Å². The van der Waals surface area contributed by atoms with Gasteiger partial charge in [0.15, 0.2) is 0 Å². The fourth-order valence-corrected chi connectivity index (χ4v) is 3.74. The Hall–Kier alpha value is -2.63. The van der Waals surface area contributed by atoms with Crippen molar-refractivity contribution in [3.8, 4) is 0 Å². The standard InChI is InChI=1S/C18H18FN3O2/c19-14-4-1-3-12(7-14)8-21-9-13-10-22(11-15(13)17(21)23)18(24)16-5-2-6-20-16/h1-7,13,15,20H,8-11H2/t13-,15-/m1/s1. The molecule has 0 saturated carbocycles. The first-order chi connectivity index (χ1) is 11.6. The third-order valence-corrected chi connectivity index (χ3v) is 4.90. The number of amides is 2. The third kappa shape index (κ3) is 2.58. The number of hydrogen-bond acceptors (Lipinski definition) is 2. The lowest BCUT2D eigenvalue weighted by Crippen LogP contribution is -2.35. The number of fused-ring (bicyclic) bond motifs is 1. The molecule has 3 heterocycles. The molecule has 124 valence electrons. The number of rotatable bonds is 3. The Morgan fingerprint density at radius 1 is 1.21 bits per heavy atom. The van der Waals surface area contributed by atoms with E-state index in [4.69, 9.17) is 0 Å². The van der Waals surface area contributed by atoms with Crippen LogP contribution in [0.4, 0.5) is 4.39 Å². The van der Waals surface area contributed by atoms with Crippen molar-refractivity contribution in [2.45, 2.75) is 6.54 Å². The largest absolute Gasteiger partial charge is 0.357 e. The molecule has 2 saturated heterocycles. The second-order valence-electron chi connectivity index (χ2n) is 6.51. The Bertz CT molecular complexity index is 774. The molecule has 1 aromatic carbocycles. The molecule has 5 nitrogen and oxygen atoms in total. The van der Waals surface area contributed by atoms with Crippen molar-refractivity contribution in [1.29, 1.82) is 0 Å². The van der Waals surface area contributed by atoms with Crippen LogP contribution >= 0.6 is 0 Å². The van der Waals surface area contributed by atoms with Crippen LogP contribution < -0.4 is 0 Å². The quantitative estimate of drug-likeness (QED) is 0.936. The van der Waals surface area contributed by atoms with E-state index >= 15 is 0 Å². The molecular formula is C18H18FN3O2. The number of nitrogens with one attached hydrogen (secondary N) is 1. The molecule has 4 rings (SSSR count). The minimum Gasteiger partial charge on any atom is -0.357 e. The van der Waals surface area contributed by atoms with Gasteiger partial charge in [0.2, 0.25) is 5.91 Å². The maximum Gasteiger partial charge on any atom is 0.270 e. The lowest BCUT2D eigenvalue weighted by molar-refractivity contribution is -0.131. The molecule has 1 aromatic heterocycles. The van der Waals surface area contributed by atoms with Crippen molar-refractivity contribution >= 4 is 11.8 Å². The van der Waals surface area contributed by atoms with E-state index in [1.807, 2.05) is 6.07 Å². The summed E-state index contributed by atoms with van der Waals surface area (Å²) in [5, 5.41) is 0. The topological polar surface area (TPSA) is 56.4 Å². The van der Waals surface area contributed by atoms with E-state index in [1.54, 1.807) is 34.2 Å². The van der Waals surface area contributed by atoms with E-state index in [2.05, 4.69) is 4.98 Å². The summed E-state index contributed by atoms with van der Waals surface area (Å²) < 4.78 is 13.3. The molecule has 2 aromatic rings. The number of carbonyl (C=O) groups excluding carboxylic acids is 2. The highest BCUT2D eigenvalue weighted by atomic mass is 19.1. The van der Waals surface area contributed by atoms with E-state index in [9.17, 15) is 14.0 Å². The highest BCUT2D eigenvalue weighted by Crippen LogP contribution is 2.33. The van der Waals surface area contributed by atoms with E-state index in [0.717, 1.165) is 5.56 Å². The van der Waals surface area contributed by atoms with Crippen LogP contribution in [0.15, 0.2) is 42.6 Å². The highest BCUT2D eigenvalue weighted by Gasteiger charge is 2.47. The summed E-state index contributed by atoms with van der Waals surface area (Å²) >= 11 is 0. The van der Waals surface area contributed by atoms with Crippen molar-refractivity contribution in [3.63, 3.8) is 0 Å². The molecule has 2 fully saturated rings. The van der Waals surface area contributed by atoms with Crippen LogP contribution in [0.2, 0.25) is 0 Å². The van der Waals surface area contributed by atoms with Gasteiger partial charge in [-0.2, -0.15) is 0 Å². The van der Waals surface area contributed by atoms with Gasteiger partial charge in [-0.25, -0.2) is 4.39 Å². The lowest BCUT2D eigenvalue weighted by Gasteiger charge is -2.21. The number of H-pyrrole nitrogens is 1. The van der Waals surface area contributed by atoms with Gasteiger partial charge in [0.25, 0.3) is 5.91 Å². The zero-order chi connectivity index (χ0) is 16.7. The van der Waals surface area contributed by atoms with Gasteiger partial charge in [0.1, 0.15) is 11.5 Å². The molecule has 2 aliphatic rings. The SMILES string of the molecule is O=C(c1ccc[nH]1)N1C[C@H]2CN(Cc3cccc(F)c3)C(=O)[C@@H]2C1. The Labute approximate surface area is 139 Å². The third-order valence-electron chi connectivity index (χ3n) is 4.90. The number of halogens is 1. The molecule has 2 aliphatic heterocycles. The first-order valence-corrected chi connectivity index (χ1v) is 8.08. The zero-order valence-electron chi connectivity index (χ0n) is 13.1. The molecule has 0 radical (unpaired) electrons. The minimum absolute atomic E-state index is 0.0566. The summed E-state index contributed by atoms with van der Waals surface area (Å²) in [4.78, 5) is 31.4. The predicted octanol–water partition coefficient (Wildman–Crippen LogP) is 1.88. The summed E-state index contributed by atoms with van der Waals surface area (Å²) in [7, 11) is 0. The number of aromatic amines is 1. The van der Waals surface area contributed by atoms with Crippen LogP contribution in [0.25, 0.3) is 0 Å². The number of carbonyl (C=O) groups is 2. The Balaban J connectivity index is 1.42. The molecular weight excluding hydrogens is 309 g/mol. The first-order valence-electron chi connectivity index (χ1n) is 8.08. The predicted molar refractivity (Wildman–Crippen MR) is 85.5 cm³/mol. The van der Waals surface area contributed by atoms with Crippen LogP contribution in [0.5, 0.6) is 0 Å². The van der Waals surface area contributed by atoms with Gasteiger partial charge in [0, 0.05) is 38.3 Å². The molecule has 0 aliphatic carbocycles. The zero-order valence-corrected chi connectivity index (χ0v) is 13.1. The average molecular weight is 327 g/mol. The molecule has 6 heteroatoms.